The summed E-state index contributed by atoms with van der Waals surface area (Å²) in [5.41, 5.74) is 4.75. The molecule has 1 amide bonds. The molecule has 0 saturated carbocycles. The van der Waals surface area contributed by atoms with Gasteiger partial charge in [0.2, 0.25) is 0 Å². The van der Waals surface area contributed by atoms with Gasteiger partial charge in [0.15, 0.2) is 0 Å². The molecule has 140 valence electrons. The highest BCUT2D eigenvalue weighted by molar-refractivity contribution is 5.83. The number of hydrogen-bond donors (Lipinski definition) is 3. The molecule has 0 radical (unpaired) electrons. The number of carbonyl (C=O) groups excluding carboxylic acids is 2. The highest BCUT2D eigenvalue weighted by atomic mass is 16.6. The largest absolute Gasteiger partial charge is 0.459 e. The summed E-state index contributed by atoms with van der Waals surface area (Å²) in [7, 11) is 0. The Hall–Kier alpha value is -2.19. The number of nitrogens with zero attached hydrogens (tertiary/aromatic N) is 1. The second-order valence-electron chi connectivity index (χ2n) is 7.61. The summed E-state index contributed by atoms with van der Waals surface area (Å²) in [6, 6.07) is 1.74. The zero-order valence-electron chi connectivity index (χ0n) is 15.5. The van der Waals surface area contributed by atoms with Gasteiger partial charge in [-0.1, -0.05) is 6.07 Å². The second kappa shape index (κ2) is 7.79. The van der Waals surface area contributed by atoms with Crippen molar-refractivity contribution in [2.75, 3.05) is 5.32 Å². The summed E-state index contributed by atoms with van der Waals surface area (Å²) in [5, 5.41) is 12.7. The van der Waals surface area contributed by atoms with Gasteiger partial charge in [-0.3, -0.25) is 10.1 Å². The molecule has 8 heteroatoms. The Morgan fingerprint density at radius 2 is 1.68 bits per heavy atom. The monoisotopic (exact) mass is 353 g/mol. The quantitative estimate of drug-likeness (QED) is 0.708. The summed E-state index contributed by atoms with van der Waals surface area (Å²) in [6.45, 7) is 10.4. The molecule has 0 fully saturated rings. The molecule has 0 spiro atoms. The van der Waals surface area contributed by atoms with E-state index in [1.807, 2.05) is 0 Å². The first-order chi connectivity index (χ1) is 11.3. The predicted molar refractivity (Wildman–Crippen MR) is 92.9 cm³/mol. The van der Waals surface area contributed by atoms with Crippen LogP contribution in [0.5, 0.6) is 0 Å². The molecule has 2 atom stereocenters. The lowest BCUT2D eigenvalue weighted by Gasteiger charge is -2.24. The Balaban J connectivity index is 2.72. The number of aromatic nitrogens is 1. The molecule has 0 aliphatic carbocycles. The van der Waals surface area contributed by atoms with Crippen molar-refractivity contribution < 1.29 is 24.2 Å². The summed E-state index contributed by atoms with van der Waals surface area (Å²) in [4.78, 5) is 27.6. The van der Waals surface area contributed by atoms with Gasteiger partial charge >= 0.3 is 12.1 Å². The van der Waals surface area contributed by atoms with Crippen molar-refractivity contribution >= 4 is 17.9 Å². The van der Waals surface area contributed by atoms with Crippen LogP contribution < -0.4 is 11.1 Å². The Morgan fingerprint density at radius 1 is 1.12 bits per heavy atom. The highest BCUT2D eigenvalue weighted by Crippen LogP contribution is 2.19. The van der Waals surface area contributed by atoms with Crippen LogP contribution in [0.4, 0.5) is 10.6 Å². The fraction of sp³-hybridized carbons (Fsp3) is 0.588. The number of nitrogens with two attached hydrogens (primary N) is 1. The van der Waals surface area contributed by atoms with E-state index in [1.165, 1.54) is 18.3 Å². The zero-order valence-corrected chi connectivity index (χ0v) is 15.5. The van der Waals surface area contributed by atoms with E-state index < -0.39 is 35.4 Å². The summed E-state index contributed by atoms with van der Waals surface area (Å²) < 4.78 is 10.3. The van der Waals surface area contributed by atoms with Gasteiger partial charge in [0.1, 0.15) is 29.2 Å². The molecule has 1 heterocycles. The Morgan fingerprint density at radius 3 is 2.12 bits per heavy atom. The first kappa shape index (κ1) is 20.9. The van der Waals surface area contributed by atoms with Crippen molar-refractivity contribution in [3.05, 3.63) is 23.9 Å². The van der Waals surface area contributed by atoms with Crippen molar-refractivity contribution in [3.8, 4) is 0 Å². The molecular formula is C17H27N3O5. The number of aliphatic hydroxyl groups excluding tert-OH is 1. The lowest BCUT2D eigenvalue weighted by molar-refractivity contribution is -0.159. The third-order valence-electron chi connectivity index (χ3n) is 2.78. The minimum absolute atomic E-state index is 0.246. The minimum atomic E-state index is -1.28. The molecule has 0 aromatic carbocycles. The fourth-order valence-corrected chi connectivity index (χ4v) is 1.77. The number of nitrogens with one attached hydrogen (secondary N) is 1. The molecule has 2 unspecified atom stereocenters. The normalized spacial score (nSPS) is 14.4. The summed E-state index contributed by atoms with van der Waals surface area (Å²) in [6.07, 6.45) is -0.599. The van der Waals surface area contributed by atoms with Crippen LogP contribution in [0.15, 0.2) is 18.3 Å². The molecule has 1 aromatic heterocycles. The van der Waals surface area contributed by atoms with E-state index in [0.717, 1.165) is 0 Å². The lowest BCUT2D eigenvalue weighted by Crippen LogP contribution is -2.41. The number of amides is 1. The van der Waals surface area contributed by atoms with Gasteiger partial charge in [-0.25, -0.2) is 9.78 Å². The van der Waals surface area contributed by atoms with Gasteiger partial charge in [-0.2, -0.15) is 0 Å². The van der Waals surface area contributed by atoms with Crippen molar-refractivity contribution in [1.29, 1.82) is 0 Å². The molecule has 8 nitrogen and oxygen atoms in total. The van der Waals surface area contributed by atoms with E-state index in [-0.39, 0.29) is 5.82 Å². The van der Waals surface area contributed by atoms with Gasteiger partial charge in [0, 0.05) is 11.8 Å². The number of esters is 1. The fourth-order valence-electron chi connectivity index (χ4n) is 1.77. The van der Waals surface area contributed by atoms with Gasteiger partial charge in [0.25, 0.3) is 0 Å². The zero-order chi connectivity index (χ0) is 19.4. The molecule has 0 aliphatic heterocycles. The topological polar surface area (TPSA) is 124 Å². The van der Waals surface area contributed by atoms with Crippen LogP contribution in [0.2, 0.25) is 0 Å². The maximum Gasteiger partial charge on any atom is 0.413 e. The lowest BCUT2D eigenvalue weighted by atomic mass is 10.0. The maximum absolute atomic E-state index is 11.9. The van der Waals surface area contributed by atoms with E-state index in [0.29, 0.717) is 5.56 Å². The van der Waals surface area contributed by atoms with Crippen LogP contribution in [0.3, 0.4) is 0 Å². The van der Waals surface area contributed by atoms with E-state index in [2.05, 4.69) is 10.3 Å². The Bertz CT molecular complexity index is 602. The molecule has 4 N–H and O–H groups in total. The molecule has 1 aromatic rings. The van der Waals surface area contributed by atoms with E-state index in [1.54, 1.807) is 41.5 Å². The molecule has 0 bridgehead atoms. The molecule has 25 heavy (non-hydrogen) atoms. The molecule has 1 rings (SSSR count). The Labute approximate surface area is 147 Å². The summed E-state index contributed by atoms with van der Waals surface area (Å²) >= 11 is 0. The third-order valence-corrected chi connectivity index (χ3v) is 2.78. The smallest absolute Gasteiger partial charge is 0.413 e. The average Bonchev–Trinajstić information content (AvgIpc) is 2.42. The first-order valence-corrected chi connectivity index (χ1v) is 7.91. The van der Waals surface area contributed by atoms with Crippen molar-refractivity contribution in [3.63, 3.8) is 0 Å². The van der Waals surface area contributed by atoms with Gasteiger partial charge in [-0.05, 0) is 47.6 Å². The van der Waals surface area contributed by atoms with Crippen LogP contribution in [0, 0.1) is 0 Å². The number of carbonyl (C=O) groups is 2. The van der Waals surface area contributed by atoms with Gasteiger partial charge in [0.05, 0.1) is 0 Å². The van der Waals surface area contributed by atoms with E-state index in [4.69, 9.17) is 15.2 Å². The third kappa shape index (κ3) is 7.49. The van der Waals surface area contributed by atoms with Crippen LogP contribution in [0.1, 0.15) is 53.2 Å². The van der Waals surface area contributed by atoms with Crippen LogP contribution in [0.25, 0.3) is 0 Å². The number of anilines is 1. The predicted octanol–water partition coefficient (Wildman–Crippen LogP) is 2.13. The van der Waals surface area contributed by atoms with Crippen LogP contribution >= 0.6 is 0 Å². The highest BCUT2D eigenvalue weighted by Gasteiger charge is 2.29. The van der Waals surface area contributed by atoms with Crippen molar-refractivity contribution in [2.24, 2.45) is 5.73 Å². The maximum atomic E-state index is 11.9. The average molecular weight is 353 g/mol. The Kier molecular flexibility index (Phi) is 6.50. The first-order valence-electron chi connectivity index (χ1n) is 7.91. The number of rotatable bonds is 4. The second-order valence-corrected chi connectivity index (χ2v) is 7.61. The molecule has 0 saturated heterocycles. The van der Waals surface area contributed by atoms with Gasteiger partial charge in [-0.15, -0.1) is 0 Å². The molecule has 0 aliphatic rings. The van der Waals surface area contributed by atoms with Crippen molar-refractivity contribution in [2.45, 2.75) is 64.9 Å². The van der Waals surface area contributed by atoms with Crippen molar-refractivity contribution in [1.82, 2.24) is 4.98 Å². The van der Waals surface area contributed by atoms with Crippen LogP contribution in [-0.4, -0.2) is 39.4 Å². The van der Waals surface area contributed by atoms with Gasteiger partial charge < -0.3 is 20.3 Å². The van der Waals surface area contributed by atoms with Crippen LogP contribution in [-0.2, 0) is 14.3 Å². The van der Waals surface area contributed by atoms with E-state index >= 15 is 0 Å². The number of hydrogen-bond acceptors (Lipinski definition) is 7. The number of aliphatic hydroxyl groups is 1. The standard InChI is InChI=1S/C17H27N3O5/c1-16(2,3)24-14(22)12(18)13(21)10-7-8-11(19-9-10)20-15(23)25-17(4,5)6/h7-9,12-13,21H,18H2,1-6H3,(H,19,20,23). The summed E-state index contributed by atoms with van der Waals surface area (Å²) in [5.74, 6) is -0.466. The SMILES string of the molecule is CC(C)(C)OC(=O)Nc1ccc(C(O)C(N)C(=O)OC(C)(C)C)cn1. The van der Waals surface area contributed by atoms with E-state index in [9.17, 15) is 14.7 Å². The minimum Gasteiger partial charge on any atom is -0.459 e. The molecular weight excluding hydrogens is 326 g/mol. The number of pyridine rings is 1. The number of ether oxygens (including phenoxy) is 2.